The van der Waals surface area contributed by atoms with Gasteiger partial charge in [0.15, 0.2) is 0 Å². The summed E-state index contributed by atoms with van der Waals surface area (Å²) in [7, 11) is 0. The molecule has 0 aliphatic rings. The number of non-ortho nitro benzene ring substituents is 1. The average molecular weight is 257 g/mol. The Morgan fingerprint density at radius 2 is 1.84 bits per heavy atom. The number of aliphatic carboxylic acids is 1. The summed E-state index contributed by atoms with van der Waals surface area (Å²) in [5, 5.41) is 19.7. The first kappa shape index (κ1) is 12.8. The maximum absolute atomic E-state index is 10.8. The van der Waals surface area contributed by atoms with Crippen LogP contribution in [-0.2, 0) is 11.2 Å². The summed E-state index contributed by atoms with van der Waals surface area (Å²) in [5.41, 5.74) is 1.86. The van der Waals surface area contributed by atoms with E-state index in [1.165, 1.54) is 18.2 Å². The zero-order chi connectivity index (χ0) is 13.8. The van der Waals surface area contributed by atoms with E-state index in [9.17, 15) is 14.9 Å². The van der Waals surface area contributed by atoms with Crippen molar-refractivity contribution < 1.29 is 14.8 Å². The van der Waals surface area contributed by atoms with E-state index in [2.05, 4.69) is 0 Å². The van der Waals surface area contributed by atoms with Crippen LogP contribution in [0.5, 0.6) is 0 Å². The van der Waals surface area contributed by atoms with Gasteiger partial charge >= 0.3 is 5.97 Å². The van der Waals surface area contributed by atoms with Crippen molar-refractivity contribution in [1.29, 1.82) is 0 Å². The summed E-state index contributed by atoms with van der Waals surface area (Å²) in [4.78, 5) is 21.2. The maximum Gasteiger partial charge on any atom is 0.307 e. The molecule has 2 aromatic carbocycles. The summed E-state index contributed by atoms with van der Waals surface area (Å²) in [5.74, 6) is -0.967. The Kier molecular flexibility index (Phi) is 3.56. The Labute approximate surface area is 109 Å². The SMILES string of the molecule is O=C(O)Cc1ccc([N+](=O)[O-])cc1-c1ccccc1. The molecular weight excluding hydrogens is 246 g/mol. The number of nitro groups is 1. The maximum atomic E-state index is 10.8. The van der Waals surface area contributed by atoms with Crippen LogP contribution in [0, 0.1) is 10.1 Å². The minimum absolute atomic E-state index is 0.0482. The van der Waals surface area contributed by atoms with Gasteiger partial charge in [0.05, 0.1) is 11.3 Å². The second-order valence-corrected chi connectivity index (χ2v) is 4.04. The summed E-state index contributed by atoms with van der Waals surface area (Å²) >= 11 is 0. The first-order valence-corrected chi connectivity index (χ1v) is 5.62. The lowest BCUT2D eigenvalue weighted by atomic mass is 9.97. The number of rotatable bonds is 4. The predicted molar refractivity (Wildman–Crippen MR) is 69.9 cm³/mol. The zero-order valence-corrected chi connectivity index (χ0v) is 9.95. The van der Waals surface area contributed by atoms with Crippen LogP contribution in [0.2, 0.25) is 0 Å². The van der Waals surface area contributed by atoms with E-state index in [0.717, 1.165) is 5.56 Å². The van der Waals surface area contributed by atoms with Crippen molar-refractivity contribution in [3.05, 3.63) is 64.2 Å². The second kappa shape index (κ2) is 5.30. The van der Waals surface area contributed by atoms with Gasteiger partial charge in [0.2, 0.25) is 0 Å². The fraction of sp³-hybridized carbons (Fsp3) is 0.0714. The summed E-state index contributed by atoms with van der Waals surface area (Å²) in [6.07, 6.45) is -0.164. The highest BCUT2D eigenvalue weighted by Gasteiger charge is 2.14. The van der Waals surface area contributed by atoms with Crippen molar-refractivity contribution in [1.82, 2.24) is 0 Å². The molecule has 0 saturated heterocycles. The Morgan fingerprint density at radius 1 is 1.16 bits per heavy atom. The number of hydrogen-bond acceptors (Lipinski definition) is 3. The van der Waals surface area contributed by atoms with Gasteiger partial charge in [0, 0.05) is 12.1 Å². The van der Waals surface area contributed by atoms with Crippen molar-refractivity contribution >= 4 is 11.7 Å². The molecule has 0 aliphatic carbocycles. The summed E-state index contributed by atoms with van der Waals surface area (Å²) < 4.78 is 0. The molecule has 0 bridgehead atoms. The third-order valence-electron chi connectivity index (χ3n) is 2.73. The van der Waals surface area contributed by atoms with Crippen LogP contribution in [0.1, 0.15) is 5.56 Å². The average Bonchev–Trinajstić information content (AvgIpc) is 2.39. The Hall–Kier alpha value is -2.69. The first-order valence-electron chi connectivity index (χ1n) is 5.62. The molecule has 2 rings (SSSR count). The molecule has 19 heavy (non-hydrogen) atoms. The van der Waals surface area contributed by atoms with E-state index >= 15 is 0 Å². The van der Waals surface area contributed by atoms with Gasteiger partial charge in [0.1, 0.15) is 0 Å². The second-order valence-electron chi connectivity index (χ2n) is 4.04. The standard InChI is InChI=1S/C14H11NO4/c16-14(17)8-11-6-7-12(15(18)19)9-13(11)10-4-2-1-3-5-10/h1-7,9H,8H2,(H,16,17). The van der Waals surface area contributed by atoms with Gasteiger partial charge in [0.25, 0.3) is 5.69 Å². The van der Waals surface area contributed by atoms with Crippen LogP contribution in [-0.4, -0.2) is 16.0 Å². The summed E-state index contributed by atoms with van der Waals surface area (Å²) in [6, 6.07) is 13.3. The monoisotopic (exact) mass is 257 g/mol. The van der Waals surface area contributed by atoms with Gasteiger partial charge in [-0.05, 0) is 16.7 Å². The van der Waals surface area contributed by atoms with Gasteiger partial charge in [-0.1, -0.05) is 36.4 Å². The van der Waals surface area contributed by atoms with Crippen molar-refractivity contribution in [2.24, 2.45) is 0 Å². The fourth-order valence-corrected chi connectivity index (χ4v) is 1.88. The minimum atomic E-state index is -0.967. The third kappa shape index (κ3) is 2.95. The number of carbonyl (C=O) groups is 1. The molecule has 0 saturated carbocycles. The van der Waals surface area contributed by atoms with E-state index in [1.54, 1.807) is 24.3 Å². The Balaban J connectivity index is 2.56. The van der Waals surface area contributed by atoms with Gasteiger partial charge in [-0.3, -0.25) is 14.9 Å². The van der Waals surface area contributed by atoms with E-state index < -0.39 is 10.9 Å². The van der Waals surface area contributed by atoms with Gasteiger partial charge in [-0.2, -0.15) is 0 Å². The lowest BCUT2D eigenvalue weighted by Crippen LogP contribution is -2.02. The van der Waals surface area contributed by atoms with Crippen LogP contribution in [0.25, 0.3) is 11.1 Å². The van der Waals surface area contributed by atoms with Gasteiger partial charge in [-0.15, -0.1) is 0 Å². The molecule has 0 radical (unpaired) electrons. The highest BCUT2D eigenvalue weighted by molar-refractivity contribution is 5.77. The van der Waals surface area contributed by atoms with Crippen LogP contribution in [0.3, 0.4) is 0 Å². The molecule has 0 heterocycles. The van der Waals surface area contributed by atoms with Crippen LogP contribution < -0.4 is 0 Å². The topological polar surface area (TPSA) is 80.4 Å². The van der Waals surface area contributed by atoms with E-state index in [1.807, 2.05) is 6.07 Å². The molecule has 96 valence electrons. The number of benzene rings is 2. The van der Waals surface area contributed by atoms with Crippen LogP contribution in [0.15, 0.2) is 48.5 Å². The lowest BCUT2D eigenvalue weighted by Gasteiger charge is -2.08. The van der Waals surface area contributed by atoms with Gasteiger partial charge in [-0.25, -0.2) is 0 Å². The molecular formula is C14H11NO4. The number of carboxylic acids is 1. The number of hydrogen-bond donors (Lipinski definition) is 1. The van der Waals surface area contributed by atoms with Crippen LogP contribution >= 0.6 is 0 Å². The fourth-order valence-electron chi connectivity index (χ4n) is 1.88. The molecule has 5 heteroatoms. The molecule has 0 atom stereocenters. The third-order valence-corrected chi connectivity index (χ3v) is 2.73. The van der Waals surface area contributed by atoms with E-state index in [0.29, 0.717) is 11.1 Å². The smallest absolute Gasteiger partial charge is 0.307 e. The van der Waals surface area contributed by atoms with Crippen molar-refractivity contribution in [2.45, 2.75) is 6.42 Å². The van der Waals surface area contributed by atoms with Crippen molar-refractivity contribution in [3.8, 4) is 11.1 Å². The Bertz CT molecular complexity index is 623. The number of nitrogens with zero attached hydrogens (tertiary/aromatic N) is 1. The van der Waals surface area contributed by atoms with Crippen molar-refractivity contribution in [2.75, 3.05) is 0 Å². The molecule has 1 N–H and O–H groups in total. The number of carboxylic acid groups (broad SMARTS) is 1. The normalized spacial score (nSPS) is 10.1. The first-order chi connectivity index (χ1) is 9.08. The highest BCUT2D eigenvalue weighted by atomic mass is 16.6. The summed E-state index contributed by atoms with van der Waals surface area (Å²) in [6.45, 7) is 0. The number of nitro benzene ring substituents is 1. The zero-order valence-electron chi connectivity index (χ0n) is 9.95. The highest BCUT2D eigenvalue weighted by Crippen LogP contribution is 2.28. The molecule has 0 spiro atoms. The molecule has 0 amide bonds. The molecule has 0 unspecified atom stereocenters. The van der Waals surface area contributed by atoms with Crippen LogP contribution in [0.4, 0.5) is 5.69 Å². The van der Waals surface area contributed by atoms with Gasteiger partial charge < -0.3 is 5.11 Å². The molecule has 0 aliphatic heterocycles. The minimum Gasteiger partial charge on any atom is -0.481 e. The molecule has 5 nitrogen and oxygen atoms in total. The largest absolute Gasteiger partial charge is 0.481 e. The van der Waals surface area contributed by atoms with Crippen molar-refractivity contribution in [3.63, 3.8) is 0 Å². The quantitative estimate of drug-likeness (QED) is 0.674. The molecule has 0 aromatic heterocycles. The molecule has 0 fully saturated rings. The van der Waals surface area contributed by atoms with E-state index in [-0.39, 0.29) is 12.1 Å². The Morgan fingerprint density at radius 3 is 2.42 bits per heavy atom. The molecule has 2 aromatic rings. The lowest BCUT2D eigenvalue weighted by molar-refractivity contribution is -0.384. The predicted octanol–water partition coefficient (Wildman–Crippen LogP) is 2.89. The van der Waals surface area contributed by atoms with E-state index in [4.69, 9.17) is 5.11 Å².